The van der Waals surface area contributed by atoms with Crippen LogP contribution in [0.2, 0.25) is 15.1 Å². The molecule has 31 heavy (non-hydrogen) atoms. The van der Waals surface area contributed by atoms with E-state index >= 15 is 0 Å². The zero-order valence-electron chi connectivity index (χ0n) is 16.2. The fraction of sp³-hybridized carbons (Fsp3) is 0.0952. The predicted molar refractivity (Wildman–Crippen MR) is 124 cm³/mol. The lowest BCUT2D eigenvalue weighted by atomic mass is 10.3. The van der Waals surface area contributed by atoms with Crippen LogP contribution in [0.1, 0.15) is 0 Å². The van der Waals surface area contributed by atoms with Gasteiger partial charge < -0.3 is 10.1 Å². The van der Waals surface area contributed by atoms with Crippen LogP contribution >= 0.6 is 34.8 Å². The summed E-state index contributed by atoms with van der Waals surface area (Å²) in [6, 6.07) is 17.0. The van der Waals surface area contributed by atoms with Crippen molar-refractivity contribution in [3.63, 3.8) is 0 Å². The van der Waals surface area contributed by atoms with Crippen molar-refractivity contribution < 1.29 is 17.9 Å². The van der Waals surface area contributed by atoms with E-state index in [0.29, 0.717) is 16.5 Å². The highest BCUT2D eigenvalue weighted by Gasteiger charge is 2.29. The third-order valence-corrected chi connectivity index (χ3v) is 7.07. The Kier molecular flexibility index (Phi) is 7.33. The van der Waals surface area contributed by atoms with Crippen molar-refractivity contribution in [2.45, 2.75) is 4.90 Å². The van der Waals surface area contributed by atoms with Gasteiger partial charge in [0.25, 0.3) is 10.0 Å². The number of hydrogen-bond donors (Lipinski definition) is 1. The molecule has 3 aromatic rings. The Balaban J connectivity index is 2.01. The molecule has 1 amide bonds. The molecule has 1 N–H and O–H groups in total. The van der Waals surface area contributed by atoms with Gasteiger partial charge in [0.05, 0.1) is 33.4 Å². The molecule has 0 saturated carbocycles. The van der Waals surface area contributed by atoms with E-state index < -0.39 is 22.5 Å². The van der Waals surface area contributed by atoms with Gasteiger partial charge >= 0.3 is 0 Å². The monoisotopic (exact) mass is 498 g/mol. The largest absolute Gasteiger partial charge is 0.495 e. The number of nitrogens with one attached hydrogen (secondary N) is 1. The summed E-state index contributed by atoms with van der Waals surface area (Å²) in [7, 11) is -2.69. The molecule has 0 fully saturated rings. The Hall–Kier alpha value is -2.45. The smallest absolute Gasteiger partial charge is 0.264 e. The molecule has 0 aliphatic heterocycles. The topological polar surface area (TPSA) is 75.7 Å². The van der Waals surface area contributed by atoms with Crippen molar-refractivity contribution in [2.24, 2.45) is 0 Å². The summed E-state index contributed by atoms with van der Waals surface area (Å²) in [5, 5.41) is 3.17. The maximum Gasteiger partial charge on any atom is 0.264 e. The number of carbonyl (C=O) groups is 1. The van der Waals surface area contributed by atoms with Gasteiger partial charge in [-0.15, -0.1) is 0 Å². The van der Waals surface area contributed by atoms with Crippen LogP contribution in [0.25, 0.3) is 0 Å². The number of nitrogens with zero attached hydrogens (tertiary/aromatic N) is 1. The third-order valence-electron chi connectivity index (χ3n) is 4.25. The molecule has 0 saturated heterocycles. The minimum absolute atomic E-state index is 0.000761. The van der Waals surface area contributed by atoms with Crippen molar-refractivity contribution in [1.82, 2.24) is 0 Å². The van der Waals surface area contributed by atoms with Gasteiger partial charge in [-0.3, -0.25) is 9.10 Å². The van der Waals surface area contributed by atoms with Gasteiger partial charge in [0, 0.05) is 5.02 Å². The lowest BCUT2D eigenvalue weighted by molar-refractivity contribution is -0.114. The van der Waals surface area contributed by atoms with Crippen molar-refractivity contribution in [1.29, 1.82) is 0 Å². The molecule has 0 radical (unpaired) electrons. The van der Waals surface area contributed by atoms with Crippen molar-refractivity contribution in [3.8, 4) is 5.75 Å². The standard InChI is InChI=1S/C21H17Cl3N2O4S/c1-30-19-11-10-14(22)12-17(19)25-20(27)13-26(18-9-5-8-16(23)21(18)24)31(28,29)15-6-3-2-4-7-15/h2-12H,13H2,1H3,(H,25,27). The number of anilines is 2. The number of hydrogen-bond acceptors (Lipinski definition) is 4. The van der Waals surface area contributed by atoms with Crippen LogP contribution in [0.15, 0.2) is 71.6 Å². The Morgan fingerprint density at radius 3 is 2.39 bits per heavy atom. The number of sulfonamides is 1. The van der Waals surface area contributed by atoms with E-state index in [4.69, 9.17) is 39.5 Å². The summed E-state index contributed by atoms with van der Waals surface area (Å²) in [4.78, 5) is 12.9. The van der Waals surface area contributed by atoms with E-state index in [-0.39, 0.29) is 20.6 Å². The highest BCUT2D eigenvalue weighted by atomic mass is 35.5. The number of methoxy groups -OCH3 is 1. The van der Waals surface area contributed by atoms with Crippen molar-refractivity contribution in [3.05, 3.63) is 81.8 Å². The van der Waals surface area contributed by atoms with Gasteiger partial charge in [-0.2, -0.15) is 0 Å². The van der Waals surface area contributed by atoms with Gasteiger partial charge in [0.15, 0.2) is 0 Å². The maximum absolute atomic E-state index is 13.4. The maximum atomic E-state index is 13.4. The molecule has 0 unspecified atom stereocenters. The second-order valence-corrected chi connectivity index (χ2v) is 9.37. The van der Waals surface area contributed by atoms with Gasteiger partial charge in [-0.1, -0.05) is 59.1 Å². The molecule has 3 aromatic carbocycles. The average Bonchev–Trinajstić information content (AvgIpc) is 2.75. The number of halogens is 3. The lowest BCUT2D eigenvalue weighted by Gasteiger charge is -2.25. The highest BCUT2D eigenvalue weighted by Crippen LogP contribution is 2.35. The molecule has 6 nitrogen and oxygen atoms in total. The summed E-state index contributed by atoms with van der Waals surface area (Å²) in [6.07, 6.45) is 0. The van der Waals surface area contributed by atoms with E-state index in [0.717, 1.165) is 4.31 Å². The van der Waals surface area contributed by atoms with E-state index in [1.807, 2.05) is 0 Å². The van der Waals surface area contributed by atoms with Crippen molar-refractivity contribution in [2.75, 3.05) is 23.3 Å². The number of carbonyl (C=O) groups excluding carboxylic acids is 1. The van der Waals surface area contributed by atoms with Crippen LogP contribution in [0.5, 0.6) is 5.75 Å². The normalized spacial score (nSPS) is 11.1. The summed E-state index contributed by atoms with van der Waals surface area (Å²) in [5.74, 6) is -0.257. The molecular weight excluding hydrogens is 483 g/mol. The Morgan fingerprint density at radius 2 is 1.71 bits per heavy atom. The minimum Gasteiger partial charge on any atom is -0.495 e. The molecule has 0 aliphatic rings. The second kappa shape index (κ2) is 9.78. The van der Waals surface area contributed by atoms with Gasteiger partial charge in [0.1, 0.15) is 12.3 Å². The van der Waals surface area contributed by atoms with Crippen molar-refractivity contribution >= 4 is 62.1 Å². The predicted octanol–water partition coefficient (Wildman–Crippen LogP) is 5.49. The van der Waals surface area contributed by atoms with E-state index in [1.54, 1.807) is 36.4 Å². The van der Waals surface area contributed by atoms with Gasteiger partial charge in [0.2, 0.25) is 5.91 Å². The lowest BCUT2D eigenvalue weighted by Crippen LogP contribution is -2.38. The fourth-order valence-electron chi connectivity index (χ4n) is 2.80. The number of benzene rings is 3. The number of rotatable bonds is 7. The number of amides is 1. The van der Waals surface area contributed by atoms with Crippen LogP contribution in [-0.2, 0) is 14.8 Å². The fourth-order valence-corrected chi connectivity index (χ4v) is 4.88. The third kappa shape index (κ3) is 5.25. The van der Waals surface area contributed by atoms with E-state index in [2.05, 4.69) is 5.32 Å². The molecule has 10 heteroatoms. The first-order chi connectivity index (χ1) is 14.7. The first-order valence-electron chi connectivity index (χ1n) is 8.89. The second-order valence-electron chi connectivity index (χ2n) is 6.29. The summed E-state index contributed by atoms with van der Waals surface area (Å²) < 4.78 is 32.8. The van der Waals surface area contributed by atoms with E-state index in [9.17, 15) is 13.2 Å². The molecule has 0 bridgehead atoms. The molecule has 0 atom stereocenters. The first kappa shape index (κ1) is 23.2. The SMILES string of the molecule is COc1ccc(Cl)cc1NC(=O)CN(c1cccc(Cl)c1Cl)S(=O)(=O)c1ccccc1. The molecule has 3 rings (SSSR count). The molecule has 0 aromatic heterocycles. The highest BCUT2D eigenvalue weighted by molar-refractivity contribution is 7.92. The zero-order chi connectivity index (χ0) is 22.6. The Labute approximate surface area is 195 Å². The quantitative estimate of drug-likeness (QED) is 0.466. The zero-order valence-corrected chi connectivity index (χ0v) is 19.3. The summed E-state index contributed by atoms with van der Waals surface area (Å²) in [5.41, 5.74) is 0.375. The average molecular weight is 500 g/mol. The van der Waals surface area contributed by atoms with Crippen LogP contribution in [0.4, 0.5) is 11.4 Å². The number of ether oxygens (including phenoxy) is 1. The molecule has 0 spiro atoms. The van der Waals surface area contributed by atoms with Gasteiger partial charge in [-0.25, -0.2) is 8.42 Å². The van der Waals surface area contributed by atoms with Crippen LogP contribution in [0.3, 0.4) is 0 Å². The Bertz CT molecular complexity index is 1200. The van der Waals surface area contributed by atoms with Gasteiger partial charge in [-0.05, 0) is 42.5 Å². The first-order valence-corrected chi connectivity index (χ1v) is 11.5. The van der Waals surface area contributed by atoms with E-state index in [1.165, 1.54) is 37.4 Å². The molecule has 0 aliphatic carbocycles. The summed E-state index contributed by atoms with van der Waals surface area (Å²) >= 11 is 18.4. The Morgan fingerprint density at radius 1 is 1.00 bits per heavy atom. The minimum atomic E-state index is -4.13. The van der Waals surface area contributed by atoms with Crippen LogP contribution in [-0.4, -0.2) is 28.0 Å². The van der Waals surface area contributed by atoms with Crippen LogP contribution in [0, 0.1) is 0 Å². The van der Waals surface area contributed by atoms with Crippen LogP contribution < -0.4 is 14.4 Å². The molecular formula is C21H17Cl3N2O4S. The molecule has 162 valence electrons. The summed E-state index contributed by atoms with van der Waals surface area (Å²) in [6.45, 7) is -0.563. The molecule has 0 heterocycles.